The molecule has 0 aliphatic heterocycles. The number of unbranched alkanes of at least 4 members (excludes halogenated alkanes) is 1. The first-order chi connectivity index (χ1) is 14.1. The van der Waals surface area contributed by atoms with Crippen LogP contribution in [0.5, 0.6) is 0 Å². The highest BCUT2D eigenvalue weighted by molar-refractivity contribution is 7.98. The molecule has 0 saturated heterocycles. The number of rotatable bonds is 12. The van der Waals surface area contributed by atoms with E-state index in [2.05, 4.69) is 63.3 Å². The van der Waals surface area contributed by atoms with Crippen molar-refractivity contribution in [3.8, 4) is 0 Å². The first kappa shape index (κ1) is 23.1. The highest BCUT2D eigenvalue weighted by Crippen LogP contribution is 2.10. The van der Waals surface area contributed by atoms with Crippen molar-refractivity contribution in [3.63, 3.8) is 0 Å². The number of aromatic nitrogens is 3. The zero-order chi connectivity index (χ0) is 20.9. The van der Waals surface area contributed by atoms with Crippen molar-refractivity contribution in [2.24, 2.45) is 12.0 Å². The number of thioether (sulfide) groups is 1. The number of nitrogens with one attached hydrogen (secondary N) is 2. The van der Waals surface area contributed by atoms with Crippen molar-refractivity contribution < 1.29 is 0 Å². The van der Waals surface area contributed by atoms with Crippen molar-refractivity contribution in [3.05, 3.63) is 42.0 Å². The molecule has 8 heteroatoms. The number of aryl methyl sites for hydroxylation is 1. The smallest absolute Gasteiger partial charge is 0.191 e. The molecule has 29 heavy (non-hydrogen) atoms. The first-order valence-electron chi connectivity index (χ1n) is 10.2. The highest BCUT2D eigenvalue weighted by Gasteiger charge is 2.05. The standard InChI is InChI=1S/C21H35N7S/c1-18-25-26-20(28(18)3)17-24-21(22-13-8-9-16-29-4)23-14-10-15-27(2)19-11-6-5-7-12-19/h5-7,11-12H,8-10,13-17H2,1-4H3,(H2,22,23,24). The molecule has 0 bridgehead atoms. The molecule has 7 nitrogen and oxygen atoms in total. The lowest BCUT2D eigenvalue weighted by molar-refractivity contribution is 0.698. The lowest BCUT2D eigenvalue weighted by Crippen LogP contribution is -2.39. The zero-order valence-corrected chi connectivity index (χ0v) is 19.0. The lowest BCUT2D eigenvalue weighted by Gasteiger charge is -2.19. The molecule has 0 aliphatic rings. The van der Waals surface area contributed by atoms with Crippen LogP contribution in [0.3, 0.4) is 0 Å². The third-order valence-electron chi connectivity index (χ3n) is 4.79. The number of benzene rings is 1. The Morgan fingerprint density at radius 3 is 2.48 bits per heavy atom. The normalized spacial score (nSPS) is 11.5. The summed E-state index contributed by atoms with van der Waals surface area (Å²) in [4.78, 5) is 6.99. The van der Waals surface area contributed by atoms with E-state index >= 15 is 0 Å². The van der Waals surface area contributed by atoms with Gasteiger partial charge in [-0.3, -0.25) is 0 Å². The molecule has 0 amide bonds. The second-order valence-electron chi connectivity index (χ2n) is 7.05. The minimum atomic E-state index is 0.515. The largest absolute Gasteiger partial charge is 0.375 e. The van der Waals surface area contributed by atoms with Crippen LogP contribution in [0.15, 0.2) is 35.3 Å². The Kier molecular flexibility index (Phi) is 10.4. The molecule has 0 spiro atoms. The maximum Gasteiger partial charge on any atom is 0.191 e. The van der Waals surface area contributed by atoms with Gasteiger partial charge in [-0.25, -0.2) is 4.99 Å². The Hall–Kier alpha value is -2.22. The van der Waals surface area contributed by atoms with Gasteiger partial charge in [0, 0.05) is 39.4 Å². The van der Waals surface area contributed by atoms with Crippen molar-refractivity contribution in [2.75, 3.05) is 43.6 Å². The average molecular weight is 418 g/mol. The van der Waals surface area contributed by atoms with Crippen LogP contribution in [0, 0.1) is 6.92 Å². The second kappa shape index (κ2) is 13.1. The quantitative estimate of drug-likeness (QED) is 0.314. The third kappa shape index (κ3) is 8.35. The van der Waals surface area contributed by atoms with E-state index in [-0.39, 0.29) is 0 Å². The predicted octanol–water partition coefficient (Wildman–Crippen LogP) is 2.83. The van der Waals surface area contributed by atoms with E-state index in [4.69, 9.17) is 4.99 Å². The van der Waals surface area contributed by atoms with Gasteiger partial charge in [0.05, 0.1) is 0 Å². The zero-order valence-electron chi connectivity index (χ0n) is 18.2. The molecular weight excluding hydrogens is 382 g/mol. The number of anilines is 1. The molecule has 1 aromatic heterocycles. The molecule has 0 saturated carbocycles. The molecule has 0 atom stereocenters. The minimum Gasteiger partial charge on any atom is -0.375 e. The van der Waals surface area contributed by atoms with Crippen molar-refractivity contribution in [1.82, 2.24) is 25.4 Å². The molecular formula is C21H35N7S. The maximum absolute atomic E-state index is 4.71. The Balaban J connectivity index is 1.81. The van der Waals surface area contributed by atoms with Crippen molar-refractivity contribution in [1.29, 1.82) is 0 Å². The fraction of sp³-hybridized carbons (Fsp3) is 0.571. The Morgan fingerprint density at radius 1 is 1.10 bits per heavy atom. The fourth-order valence-electron chi connectivity index (χ4n) is 2.83. The van der Waals surface area contributed by atoms with Crippen LogP contribution in [0.1, 0.15) is 30.9 Å². The summed E-state index contributed by atoms with van der Waals surface area (Å²) in [5, 5.41) is 15.2. The Bertz CT molecular complexity index is 730. The van der Waals surface area contributed by atoms with Gasteiger partial charge in [0.2, 0.25) is 0 Å². The summed E-state index contributed by atoms with van der Waals surface area (Å²) in [5.74, 6) is 3.82. The first-order valence-corrected chi connectivity index (χ1v) is 11.6. The van der Waals surface area contributed by atoms with E-state index in [1.54, 1.807) is 0 Å². The van der Waals surface area contributed by atoms with E-state index in [9.17, 15) is 0 Å². The van der Waals surface area contributed by atoms with Crippen molar-refractivity contribution in [2.45, 2.75) is 32.7 Å². The summed E-state index contributed by atoms with van der Waals surface area (Å²) in [5.41, 5.74) is 1.24. The highest BCUT2D eigenvalue weighted by atomic mass is 32.2. The monoisotopic (exact) mass is 417 g/mol. The summed E-state index contributed by atoms with van der Waals surface area (Å²) in [6.07, 6.45) is 5.53. The summed E-state index contributed by atoms with van der Waals surface area (Å²) >= 11 is 1.89. The van der Waals surface area contributed by atoms with Gasteiger partial charge in [0.15, 0.2) is 11.8 Å². The van der Waals surface area contributed by atoms with Crippen LogP contribution in [0.4, 0.5) is 5.69 Å². The van der Waals surface area contributed by atoms with Crippen LogP contribution in [-0.4, -0.2) is 59.4 Å². The fourth-order valence-corrected chi connectivity index (χ4v) is 3.32. The van der Waals surface area contributed by atoms with Crippen molar-refractivity contribution >= 4 is 23.4 Å². The molecule has 2 aromatic rings. The summed E-state index contributed by atoms with van der Waals surface area (Å²) < 4.78 is 1.98. The molecule has 1 heterocycles. The molecule has 2 N–H and O–H groups in total. The van der Waals surface area contributed by atoms with E-state index in [1.165, 1.54) is 17.9 Å². The number of hydrogen-bond acceptors (Lipinski definition) is 5. The minimum absolute atomic E-state index is 0.515. The molecule has 0 aliphatic carbocycles. The van der Waals surface area contributed by atoms with Crippen LogP contribution >= 0.6 is 11.8 Å². The van der Waals surface area contributed by atoms with Gasteiger partial charge in [-0.2, -0.15) is 11.8 Å². The van der Waals surface area contributed by atoms with E-state index in [1.807, 2.05) is 36.4 Å². The van der Waals surface area contributed by atoms with Gasteiger partial charge in [-0.1, -0.05) is 18.2 Å². The van der Waals surface area contributed by atoms with Gasteiger partial charge >= 0.3 is 0 Å². The van der Waals surface area contributed by atoms with E-state index in [0.717, 1.165) is 50.1 Å². The predicted molar refractivity (Wildman–Crippen MR) is 125 cm³/mol. The average Bonchev–Trinajstić information content (AvgIpc) is 3.06. The Morgan fingerprint density at radius 2 is 1.83 bits per heavy atom. The van der Waals surface area contributed by atoms with Crippen LogP contribution < -0.4 is 15.5 Å². The van der Waals surface area contributed by atoms with Crippen LogP contribution in [-0.2, 0) is 13.6 Å². The molecule has 160 valence electrons. The van der Waals surface area contributed by atoms with E-state index in [0.29, 0.717) is 6.54 Å². The maximum atomic E-state index is 4.71. The molecule has 0 fully saturated rings. The molecule has 0 radical (unpaired) electrons. The molecule has 0 unspecified atom stereocenters. The number of para-hydroxylation sites is 1. The summed E-state index contributed by atoms with van der Waals surface area (Å²) in [6, 6.07) is 10.5. The van der Waals surface area contributed by atoms with Gasteiger partial charge < -0.3 is 20.1 Å². The Labute approximate surface area is 179 Å². The van der Waals surface area contributed by atoms with E-state index < -0.39 is 0 Å². The van der Waals surface area contributed by atoms with Gasteiger partial charge in [0.1, 0.15) is 12.4 Å². The molecule has 1 aromatic carbocycles. The number of guanidine groups is 1. The number of hydrogen-bond donors (Lipinski definition) is 2. The topological polar surface area (TPSA) is 70.4 Å². The lowest BCUT2D eigenvalue weighted by atomic mass is 10.3. The number of aliphatic imine (C=N–C) groups is 1. The van der Waals surface area contributed by atoms with Crippen LogP contribution in [0.25, 0.3) is 0 Å². The second-order valence-corrected chi connectivity index (χ2v) is 8.04. The molecule has 2 rings (SSSR count). The van der Waals surface area contributed by atoms with Gasteiger partial charge in [-0.15, -0.1) is 10.2 Å². The number of nitrogens with zero attached hydrogens (tertiary/aromatic N) is 5. The summed E-state index contributed by atoms with van der Waals surface area (Å²) in [6.45, 7) is 5.24. The third-order valence-corrected chi connectivity index (χ3v) is 5.49. The van der Waals surface area contributed by atoms with Gasteiger partial charge in [-0.05, 0) is 50.3 Å². The van der Waals surface area contributed by atoms with Gasteiger partial charge in [0.25, 0.3) is 0 Å². The summed E-state index contributed by atoms with van der Waals surface area (Å²) in [7, 11) is 4.10. The van der Waals surface area contributed by atoms with Crippen LogP contribution in [0.2, 0.25) is 0 Å². The SMILES string of the molecule is CSCCCCNC(=NCc1nnc(C)n1C)NCCCN(C)c1ccccc1.